The normalized spacial score (nSPS) is 10.5. The Labute approximate surface area is 144 Å². The number of hydrogen-bond acceptors (Lipinski definition) is 5. The lowest BCUT2D eigenvalue weighted by atomic mass is 10.3. The number of hydrogen-bond donors (Lipinski definition) is 1. The van der Waals surface area contributed by atoms with Gasteiger partial charge in [0.25, 0.3) is 5.91 Å². The highest BCUT2D eigenvalue weighted by Gasteiger charge is 2.13. The van der Waals surface area contributed by atoms with Crippen molar-refractivity contribution in [2.75, 3.05) is 25.0 Å². The van der Waals surface area contributed by atoms with Crippen LogP contribution in [0.3, 0.4) is 0 Å². The van der Waals surface area contributed by atoms with Crippen molar-refractivity contribution in [3.05, 3.63) is 59.6 Å². The lowest BCUT2D eigenvalue weighted by Gasteiger charge is -2.19. The van der Waals surface area contributed by atoms with Gasteiger partial charge in [0.05, 0.1) is 4.88 Å². The summed E-state index contributed by atoms with van der Waals surface area (Å²) in [5.41, 5.74) is 1.48. The number of nitrogens with one attached hydrogen (secondary N) is 1. The number of carbonyl (C=O) groups excluding carboxylic acids is 1. The summed E-state index contributed by atoms with van der Waals surface area (Å²) >= 11 is 1.55. The topological polar surface area (TPSA) is 58.4 Å². The Kier molecular flexibility index (Phi) is 5.28. The molecule has 0 saturated carbocycles. The number of anilines is 1. The first kappa shape index (κ1) is 16.3. The van der Waals surface area contributed by atoms with E-state index in [1.165, 1.54) is 5.69 Å². The van der Waals surface area contributed by atoms with Crippen molar-refractivity contribution >= 4 is 22.9 Å². The Morgan fingerprint density at radius 2 is 2.08 bits per heavy atom. The van der Waals surface area contributed by atoms with Crippen LogP contribution in [-0.4, -0.2) is 31.2 Å². The average Bonchev–Trinajstić information content (AvgIpc) is 3.30. The predicted octanol–water partition coefficient (Wildman–Crippen LogP) is 3.66. The average molecular weight is 341 g/mol. The number of thiophene rings is 1. The Balaban J connectivity index is 1.44. The minimum absolute atomic E-state index is 0.205. The highest BCUT2D eigenvalue weighted by Crippen LogP contribution is 2.25. The molecule has 124 valence electrons. The third-order valence-corrected chi connectivity index (χ3v) is 4.54. The third kappa shape index (κ3) is 4.02. The molecule has 0 aliphatic heterocycles. The van der Waals surface area contributed by atoms with Gasteiger partial charge in [0, 0.05) is 31.9 Å². The van der Waals surface area contributed by atoms with Crippen LogP contribution in [0, 0.1) is 0 Å². The largest absolute Gasteiger partial charge is 0.375 e. The molecule has 5 nitrogen and oxygen atoms in total. The summed E-state index contributed by atoms with van der Waals surface area (Å²) < 4.78 is 5.22. The van der Waals surface area contributed by atoms with Crippen LogP contribution in [0.15, 0.2) is 58.4 Å². The fourth-order valence-corrected chi connectivity index (χ4v) is 3.01. The number of carbonyl (C=O) groups is 1. The molecule has 3 rings (SSSR count). The van der Waals surface area contributed by atoms with E-state index in [9.17, 15) is 4.79 Å². The van der Waals surface area contributed by atoms with E-state index in [0.29, 0.717) is 18.0 Å². The SMILES string of the molecule is CN(CCCNC(=O)c1cc(-c2cccs2)on1)c1ccccc1. The number of amides is 1. The molecule has 0 unspecified atom stereocenters. The molecular weight excluding hydrogens is 322 g/mol. The molecule has 1 amide bonds. The smallest absolute Gasteiger partial charge is 0.273 e. The summed E-state index contributed by atoms with van der Waals surface area (Å²) in [6.45, 7) is 1.46. The van der Waals surface area contributed by atoms with Crippen molar-refractivity contribution in [1.82, 2.24) is 10.5 Å². The maximum absolute atomic E-state index is 12.1. The number of nitrogens with zero attached hydrogens (tertiary/aromatic N) is 2. The second-order valence-electron chi connectivity index (χ2n) is 5.42. The van der Waals surface area contributed by atoms with Gasteiger partial charge in [-0.25, -0.2) is 0 Å². The zero-order valence-electron chi connectivity index (χ0n) is 13.4. The Bertz CT molecular complexity index is 769. The summed E-state index contributed by atoms with van der Waals surface area (Å²) in [6.07, 6.45) is 0.854. The molecule has 24 heavy (non-hydrogen) atoms. The molecule has 1 aromatic carbocycles. The van der Waals surface area contributed by atoms with E-state index in [4.69, 9.17) is 4.52 Å². The molecule has 0 aliphatic rings. The second kappa shape index (κ2) is 7.79. The fraction of sp³-hybridized carbons (Fsp3) is 0.222. The van der Waals surface area contributed by atoms with E-state index in [1.807, 2.05) is 42.8 Å². The quantitative estimate of drug-likeness (QED) is 0.666. The standard InChI is InChI=1S/C18H19N3O2S/c1-21(14-7-3-2-4-8-14)11-6-10-19-18(22)15-13-16(23-20-15)17-9-5-12-24-17/h2-5,7-9,12-13H,6,10-11H2,1H3,(H,19,22). The van der Waals surface area contributed by atoms with Crippen LogP contribution in [0.5, 0.6) is 0 Å². The Hall–Kier alpha value is -2.60. The summed E-state index contributed by atoms with van der Waals surface area (Å²) in [6, 6.07) is 15.7. The van der Waals surface area contributed by atoms with Gasteiger partial charge in [0.15, 0.2) is 11.5 Å². The van der Waals surface area contributed by atoms with Gasteiger partial charge < -0.3 is 14.7 Å². The molecule has 0 aliphatic carbocycles. The van der Waals surface area contributed by atoms with E-state index in [2.05, 4.69) is 27.5 Å². The lowest BCUT2D eigenvalue weighted by Crippen LogP contribution is -2.28. The summed E-state index contributed by atoms with van der Waals surface area (Å²) in [7, 11) is 2.04. The van der Waals surface area contributed by atoms with Crippen molar-refractivity contribution < 1.29 is 9.32 Å². The van der Waals surface area contributed by atoms with Gasteiger partial charge in [-0.05, 0) is 30.0 Å². The number of rotatable bonds is 7. The molecule has 1 N–H and O–H groups in total. The summed E-state index contributed by atoms with van der Waals surface area (Å²) in [5.74, 6) is 0.419. The van der Waals surface area contributed by atoms with Crippen LogP contribution < -0.4 is 10.2 Å². The molecule has 3 aromatic rings. The maximum atomic E-state index is 12.1. The highest BCUT2D eigenvalue weighted by molar-refractivity contribution is 7.13. The van der Waals surface area contributed by atoms with Gasteiger partial charge >= 0.3 is 0 Å². The van der Waals surface area contributed by atoms with Gasteiger partial charge in [-0.3, -0.25) is 4.79 Å². The van der Waals surface area contributed by atoms with Crippen LogP contribution in [0.25, 0.3) is 10.6 Å². The van der Waals surface area contributed by atoms with Crippen molar-refractivity contribution in [3.8, 4) is 10.6 Å². The molecular formula is C18H19N3O2S. The molecule has 2 aromatic heterocycles. The number of benzene rings is 1. The van der Waals surface area contributed by atoms with Crippen LogP contribution in [0.2, 0.25) is 0 Å². The van der Waals surface area contributed by atoms with Crippen molar-refractivity contribution in [3.63, 3.8) is 0 Å². The fourth-order valence-electron chi connectivity index (χ4n) is 2.34. The first-order chi connectivity index (χ1) is 11.7. The molecule has 0 radical (unpaired) electrons. The van der Waals surface area contributed by atoms with Gasteiger partial charge in [0.1, 0.15) is 0 Å². The molecule has 2 heterocycles. The lowest BCUT2D eigenvalue weighted by molar-refractivity contribution is 0.0944. The Morgan fingerprint density at radius 3 is 2.83 bits per heavy atom. The van der Waals surface area contributed by atoms with Crippen LogP contribution in [0.4, 0.5) is 5.69 Å². The zero-order chi connectivity index (χ0) is 16.8. The van der Waals surface area contributed by atoms with E-state index in [-0.39, 0.29) is 5.91 Å². The Morgan fingerprint density at radius 1 is 1.25 bits per heavy atom. The van der Waals surface area contributed by atoms with E-state index in [1.54, 1.807) is 17.4 Å². The molecule has 6 heteroatoms. The van der Waals surface area contributed by atoms with E-state index in [0.717, 1.165) is 17.8 Å². The first-order valence-electron chi connectivity index (χ1n) is 7.79. The monoisotopic (exact) mass is 341 g/mol. The number of aromatic nitrogens is 1. The zero-order valence-corrected chi connectivity index (χ0v) is 14.3. The molecule has 0 spiro atoms. The highest BCUT2D eigenvalue weighted by atomic mass is 32.1. The van der Waals surface area contributed by atoms with Gasteiger partial charge in [-0.1, -0.05) is 29.4 Å². The van der Waals surface area contributed by atoms with Crippen molar-refractivity contribution in [1.29, 1.82) is 0 Å². The second-order valence-corrected chi connectivity index (χ2v) is 6.37. The predicted molar refractivity (Wildman–Crippen MR) is 96.5 cm³/mol. The third-order valence-electron chi connectivity index (χ3n) is 3.66. The maximum Gasteiger partial charge on any atom is 0.273 e. The van der Waals surface area contributed by atoms with Gasteiger partial charge in [-0.2, -0.15) is 0 Å². The van der Waals surface area contributed by atoms with Crippen molar-refractivity contribution in [2.24, 2.45) is 0 Å². The molecule has 0 fully saturated rings. The van der Waals surface area contributed by atoms with Crippen LogP contribution >= 0.6 is 11.3 Å². The van der Waals surface area contributed by atoms with E-state index >= 15 is 0 Å². The summed E-state index contributed by atoms with van der Waals surface area (Å²) in [5, 5.41) is 8.68. The van der Waals surface area contributed by atoms with Crippen molar-refractivity contribution in [2.45, 2.75) is 6.42 Å². The van der Waals surface area contributed by atoms with Crippen LogP contribution in [-0.2, 0) is 0 Å². The minimum Gasteiger partial charge on any atom is -0.375 e. The van der Waals surface area contributed by atoms with Crippen LogP contribution in [0.1, 0.15) is 16.9 Å². The molecule has 0 atom stereocenters. The van der Waals surface area contributed by atoms with E-state index < -0.39 is 0 Å². The number of para-hydroxylation sites is 1. The minimum atomic E-state index is -0.205. The molecule has 0 bridgehead atoms. The molecule has 0 saturated heterocycles. The first-order valence-corrected chi connectivity index (χ1v) is 8.67. The van der Waals surface area contributed by atoms with Gasteiger partial charge in [-0.15, -0.1) is 11.3 Å². The van der Waals surface area contributed by atoms with Gasteiger partial charge in [0.2, 0.25) is 0 Å². The summed E-state index contributed by atoms with van der Waals surface area (Å²) in [4.78, 5) is 15.2.